The van der Waals surface area contributed by atoms with Gasteiger partial charge >= 0.3 is 5.97 Å². The van der Waals surface area contributed by atoms with E-state index in [4.69, 9.17) is 9.47 Å². The van der Waals surface area contributed by atoms with Gasteiger partial charge in [-0.1, -0.05) is 42.5 Å². The summed E-state index contributed by atoms with van der Waals surface area (Å²) in [5, 5.41) is 0. The summed E-state index contributed by atoms with van der Waals surface area (Å²) in [4.78, 5) is 10.8. The van der Waals surface area contributed by atoms with Gasteiger partial charge in [-0.15, -0.1) is 0 Å². The van der Waals surface area contributed by atoms with E-state index in [-0.39, 0.29) is 12.1 Å². The SMILES string of the molecule is CC(=O)O[C@H](C)COc1ccc(-c2ccccc2)cc1. The van der Waals surface area contributed by atoms with Crippen LogP contribution in [0.15, 0.2) is 54.6 Å². The van der Waals surface area contributed by atoms with Crippen molar-refractivity contribution in [2.24, 2.45) is 0 Å². The summed E-state index contributed by atoms with van der Waals surface area (Å²) in [7, 11) is 0. The maximum absolute atomic E-state index is 10.8. The van der Waals surface area contributed by atoms with Gasteiger partial charge in [0.25, 0.3) is 0 Å². The summed E-state index contributed by atoms with van der Waals surface area (Å²) in [6.07, 6.45) is -0.249. The highest BCUT2D eigenvalue weighted by Gasteiger charge is 2.06. The van der Waals surface area contributed by atoms with E-state index in [1.54, 1.807) is 6.92 Å². The Hall–Kier alpha value is -2.29. The van der Waals surface area contributed by atoms with Crippen molar-refractivity contribution in [3.8, 4) is 16.9 Å². The number of benzene rings is 2. The topological polar surface area (TPSA) is 35.5 Å². The third-order valence-corrected chi connectivity index (χ3v) is 2.81. The van der Waals surface area contributed by atoms with Crippen molar-refractivity contribution < 1.29 is 14.3 Å². The lowest BCUT2D eigenvalue weighted by atomic mass is 10.1. The van der Waals surface area contributed by atoms with E-state index in [1.807, 2.05) is 42.5 Å². The normalized spacial score (nSPS) is 11.7. The monoisotopic (exact) mass is 270 g/mol. The molecule has 2 rings (SSSR count). The Kier molecular flexibility index (Phi) is 4.77. The van der Waals surface area contributed by atoms with Crippen LogP contribution in [0.4, 0.5) is 0 Å². The van der Waals surface area contributed by atoms with Crippen LogP contribution < -0.4 is 4.74 Å². The lowest BCUT2D eigenvalue weighted by molar-refractivity contribution is -0.146. The summed E-state index contributed by atoms with van der Waals surface area (Å²) in [5.74, 6) is 0.476. The molecular weight excluding hydrogens is 252 g/mol. The molecule has 0 aliphatic rings. The van der Waals surface area contributed by atoms with Crippen LogP contribution in [0.1, 0.15) is 13.8 Å². The van der Waals surface area contributed by atoms with Crippen LogP contribution in [-0.4, -0.2) is 18.7 Å². The minimum atomic E-state index is -0.291. The number of ether oxygens (including phenoxy) is 2. The molecule has 0 saturated carbocycles. The van der Waals surface area contributed by atoms with Gasteiger partial charge in [0, 0.05) is 6.92 Å². The first-order chi connectivity index (χ1) is 9.65. The zero-order valence-electron chi connectivity index (χ0n) is 11.7. The molecule has 0 spiro atoms. The van der Waals surface area contributed by atoms with Crippen LogP contribution in [0.3, 0.4) is 0 Å². The molecule has 0 unspecified atom stereocenters. The zero-order chi connectivity index (χ0) is 14.4. The van der Waals surface area contributed by atoms with Gasteiger partial charge in [-0.25, -0.2) is 0 Å². The molecule has 2 aromatic rings. The van der Waals surface area contributed by atoms with Crippen LogP contribution in [0, 0.1) is 0 Å². The molecule has 20 heavy (non-hydrogen) atoms. The predicted octanol–water partition coefficient (Wildman–Crippen LogP) is 3.68. The lowest BCUT2D eigenvalue weighted by Crippen LogP contribution is -2.20. The standard InChI is InChI=1S/C17H18O3/c1-13(20-14(2)18)12-19-17-10-8-16(9-11-17)15-6-4-3-5-7-15/h3-11,13H,12H2,1-2H3/t13-/m1/s1. The quantitative estimate of drug-likeness (QED) is 0.777. The maximum atomic E-state index is 10.8. The number of hydrogen-bond donors (Lipinski definition) is 0. The fraction of sp³-hybridized carbons (Fsp3) is 0.235. The third-order valence-electron chi connectivity index (χ3n) is 2.81. The highest BCUT2D eigenvalue weighted by molar-refractivity contribution is 5.66. The molecule has 3 heteroatoms. The van der Waals surface area contributed by atoms with Crippen LogP contribution >= 0.6 is 0 Å². The minimum Gasteiger partial charge on any atom is -0.490 e. The Labute approximate surface area is 119 Å². The van der Waals surface area contributed by atoms with Crippen molar-refractivity contribution in [1.82, 2.24) is 0 Å². The molecule has 0 aliphatic carbocycles. The maximum Gasteiger partial charge on any atom is 0.303 e. The summed E-state index contributed by atoms with van der Waals surface area (Å²) in [5.41, 5.74) is 2.32. The molecule has 0 amide bonds. The number of hydrogen-bond acceptors (Lipinski definition) is 3. The number of esters is 1. The smallest absolute Gasteiger partial charge is 0.303 e. The fourth-order valence-corrected chi connectivity index (χ4v) is 1.91. The van der Waals surface area contributed by atoms with Gasteiger partial charge in [0.1, 0.15) is 18.5 Å². The molecule has 104 valence electrons. The van der Waals surface area contributed by atoms with E-state index in [2.05, 4.69) is 12.1 Å². The Morgan fingerprint density at radius 2 is 1.60 bits per heavy atom. The van der Waals surface area contributed by atoms with Gasteiger partial charge in [-0.2, -0.15) is 0 Å². The average Bonchev–Trinajstić information content (AvgIpc) is 2.46. The zero-order valence-corrected chi connectivity index (χ0v) is 11.7. The molecule has 2 aromatic carbocycles. The largest absolute Gasteiger partial charge is 0.490 e. The van der Waals surface area contributed by atoms with E-state index in [0.717, 1.165) is 11.3 Å². The van der Waals surface area contributed by atoms with Gasteiger partial charge in [0.2, 0.25) is 0 Å². The molecule has 0 N–H and O–H groups in total. The number of carbonyl (C=O) groups is 1. The van der Waals surface area contributed by atoms with E-state index in [1.165, 1.54) is 12.5 Å². The molecule has 0 aromatic heterocycles. The van der Waals surface area contributed by atoms with Crippen molar-refractivity contribution in [2.75, 3.05) is 6.61 Å². The lowest BCUT2D eigenvalue weighted by Gasteiger charge is -2.13. The van der Waals surface area contributed by atoms with Crippen LogP contribution in [0.25, 0.3) is 11.1 Å². The van der Waals surface area contributed by atoms with E-state index >= 15 is 0 Å². The average molecular weight is 270 g/mol. The Morgan fingerprint density at radius 3 is 2.20 bits per heavy atom. The molecule has 0 heterocycles. The van der Waals surface area contributed by atoms with Crippen molar-refractivity contribution in [3.63, 3.8) is 0 Å². The molecule has 0 aliphatic heterocycles. The highest BCUT2D eigenvalue weighted by Crippen LogP contribution is 2.22. The summed E-state index contributed by atoms with van der Waals surface area (Å²) in [6, 6.07) is 18.0. The van der Waals surface area contributed by atoms with E-state index in [0.29, 0.717) is 6.61 Å². The summed E-state index contributed by atoms with van der Waals surface area (Å²) in [6.45, 7) is 3.55. The van der Waals surface area contributed by atoms with Gasteiger partial charge < -0.3 is 9.47 Å². The number of rotatable bonds is 5. The number of carbonyl (C=O) groups excluding carboxylic acids is 1. The van der Waals surface area contributed by atoms with Gasteiger partial charge in [0.15, 0.2) is 0 Å². The molecular formula is C17H18O3. The van der Waals surface area contributed by atoms with E-state index in [9.17, 15) is 4.79 Å². The van der Waals surface area contributed by atoms with Crippen LogP contribution in [0.2, 0.25) is 0 Å². The van der Waals surface area contributed by atoms with Crippen molar-refractivity contribution in [2.45, 2.75) is 20.0 Å². The van der Waals surface area contributed by atoms with E-state index < -0.39 is 0 Å². The van der Waals surface area contributed by atoms with Crippen molar-refractivity contribution in [3.05, 3.63) is 54.6 Å². The van der Waals surface area contributed by atoms with Crippen molar-refractivity contribution >= 4 is 5.97 Å². The Bertz CT molecular complexity index is 546. The second-order valence-corrected chi connectivity index (χ2v) is 4.62. The first-order valence-corrected chi connectivity index (χ1v) is 6.60. The Balaban J connectivity index is 1.94. The second kappa shape index (κ2) is 6.75. The Morgan fingerprint density at radius 1 is 1.00 bits per heavy atom. The van der Waals surface area contributed by atoms with Gasteiger partial charge in [-0.3, -0.25) is 4.79 Å². The first kappa shape index (κ1) is 14.1. The molecule has 0 saturated heterocycles. The van der Waals surface area contributed by atoms with Gasteiger partial charge in [-0.05, 0) is 30.2 Å². The first-order valence-electron chi connectivity index (χ1n) is 6.60. The molecule has 0 bridgehead atoms. The second-order valence-electron chi connectivity index (χ2n) is 4.62. The molecule has 0 radical (unpaired) electrons. The van der Waals surface area contributed by atoms with Crippen LogP contribution in [-0.2, 0) is 9.53 Å². The molecule has 0 fully saturated rings. The summed E-state index contributed by atoms with van der Waals surface area (Å²) < 4.78 is 10.6. The molecule has 3 nitrogen and oxygen atoms in total. The minimum absolute atomic E-state index is 0.249. The highest BCUT2D eigenvalue weighted by atomic mass is 16.6. The third kappa shape index (κ3) is 4.12. The fourth-order valence-electron chi connectivity index (χ4n) is 1.91. The van der Waals surface area contributed by atoms with Crippen LogP contribution in [0.5, 0.6) is 5.75 Å². The van der Waals surface area contributed by atoms with Gasteiger partial charge in [0.05, 0.1) is 0 Å². The summed E-state index contributed by atoms with van der Waals surface area (Å²) >= 11 is 0. The predicted molar refractivity (Wildman–Crippen MR) is 78.6 cm³/mol. The van der Waals surface area contributed by atoms with Crippen molar-refractivity contribution in [1.29, 1.82) is 0 Å². The molecule has 1 atom stereocenters.